The number of nitrogens with one attached hydrogen (secondary N) is 1. The van der Waals surface area contributed by atoms with Crippen molar-refractivity contribution in [2.75, 3.05) is 19.6 Å². The molecule has 3 saturated heterocycles. The number of carbonyl (C=O) groups excluding carboxylic acids is 3. The number of amides is 3. The van der Waals surface area contributed by atoms with E-state index in [2.05, 4.69) is 5.32 Å². The van der Waals surface area contributed by atoms with Crippen molar-refractivity contribution < 1.29 is 14.4 Å². The monoisotopic (exact) mass is 437 g/mol. The minimum Gasteiger partial charge on any atom is -0.341 e. The lowest BCUT2D eigenvalue weighted by molar-refractivity contribution is -0.150. The maximum atomic E-state index is 14.0. The summed E-state index contributed by atoms with van der Waals surface area (Å²) in [5.41, 5.74) is 1.16. The predicted molar refractivity (Wildman–Crippen MR) is 122 cm³/mol. The molecule has 0 bridgehead atoms. The van der Waals surface area contributed by atoms with Crippen molar-refractivity contribution in [1.29, 1.82) is 0 Å². The van der Waals surface area contributed by atoms with E-state index in [1.165, 1.54) is 37.0 Å². The molecule has 1 spiro atoms. The van der Waals surface area contributed by atoms with Gasteiger partial charge in [-0.25, -0.2) is 0 Å². The Kier molecular flexibility index (Phi) is 5.60. The van der Waals surface area contributed by atoms with Crippen molar-refractivity contribution in [2.45, 2.75) is 70.4 Å². The second kappa shape index (κ2) is 8.29. The highest BCUT2D eigenvalue weighted by Crippen LogP contribution is 2.52. The van der Waals surface area contributed by atoms with Gasteiger partial charge in [0.25, 0.3) is 0 Å². The van der Waals surface area contributed by atoms with Gasteiger partial charge in [-0.05, 0) is 51.0 Å². The maximum absolute atomic E-state index is 14.0. The summed E-state index contributed by atoms with van der Waals surface area (Å²) in [5.74, 6) is -0.821. The molecule has 0 radical (unpaired) electrons. The molecular formula is C26H35N3O3. The molecule has 6 nitrogen and oxygen atoms in total. The van der Waals surface area contributed by atoms with Crippen LogP contribution in [0.4, 0.5) is 0 Å². The molecule has 4 fully saturated rings. The van der Waals surface area contributed by atoms with Crippen LogP contribution in [0.1, 0.15) is 69.0 Å². The molecule has 3 amide bonds. The third kappa shape index (κ3) is 3.30. The number of piperidine rings is 1. The van der Waals surface area contributed by atoms with E-state index in [-0.39, 0.29) is 23.8 Å². The van der Waals surface area contributed by atoms with E-state index in [1.54, 1.807) is 0 Å². The molecule has 0 aromatic heterocycles. The zero-order valence-electron chi connectivity index (χ0n) is 19.3. The molecule has 3 heterocycles. The maximum Gasteiger partial charge on any atom is 0.243 e. The first-order valence-electron chi connectivity index (χ1n) is 12.4. The number of benzene rings is 1. The first kappa shape index (κ1) is 21.6. The lowest BCUT2D eigenvalue weighted by Crippen LogP contribution is -2.64. The third-order valence-electron chi connectivity index (χ3n) is 8.37. The summed E-state index contributed by atoms with van der Waals surface area (Å²) in [6.07, 6.45) is 7.63. The Morgan fingerprint density at radius 1 is 1.00 bits per heavy atom. The summed E-state index contributed by atoms with van der Waals surface area (Å²) in [6.45, 7) is 5.78. The molecule has 172 valence electrons. The van der Waals surface area contributed by atoms with Gasteiger partial charge in [-0.3, -0.25) is 24.6 Å². The molecule has 1 aromatic rings. The van der Waals surface area contributed by atoms with Crippen LogP contribution in [-0.2, 0) is 14.4 Å². The van der Waals surface area contributed by atoms with Crippen LogP contribution in [0.15, 0.2) is 24.3 Å². The topological polar surface area (TPSA) is 69.7 Å². The molecule has 4 atom stereocenters. The Hall–Kier alpha value is -2.21. The molecule has 5 rings (SSSR count). The molecule has 1 N–H and O–H groups in total. The molecular weight excluding hydrogens is 402 g/mol. The van der Waals surface area contributed by atoms with E-state index >= 15 is 0 Å². The van der Waals surface area contributed by atoms with Crippen LogP contribution in [0.25, 0.3) is 0 Å². The number of nitrogens with zero attached hydrogens (tertiary/aromatic N) is 2. The van der Waals surface area contributed by atoms with E-state index in [4.69, 9.17) is 0 Å². The summed E-state index contributed by atoms with van der Waals surface area (Å²) in [6, 6.07) is 7.82. The fourth-order valence-electron chi connectivity index (χ4n) is 6.76. The second-order valence-electron chi connectivity index (χ2n) is 10.3. The van der Waals surface area contributed by atoms with Crippen molar-refractivity contribution >= 4 is 17.7 Å². The molecule has 6 heteroatoms. The summed E-state index contributed by atoms with van der Waals surface area (Å²) in [4.78, 5) is 44.2. The Morgan fingerprint density at radius 3 is 2.41 bits per heavy atom. The molecule has 32 heavy (non-hydrogen) atoms. The van der Waals surface area contributed by atoms with Crippen molar-refractivity contribution in [3.8, 4) is 0 Å². The minimum atomic E-state index is -0.968. The van der Waals surface area contributed by atoms with Gasteiger partial charge in [0.05, 0.1) is 11.8 Å². The summed E-state index contributed by atoms with van der Waals surface area (Å²) >= 11 is 0. The number of hydrogen-bond acceptors (Lipinski definition) is 4. The number of imide groups is 1. The van der Waals surface area contributed by atoms with Crippen LogP contribution >= 0.6 is 0 Å². The highest BCUT2D eigenvalue weighted by atomic mass is 16.2. The smallest absolute Gasteiger partial charge is 0.243 e. The third-order valence-corrected chi connectivity index (χ3v) is 8.37. The number of aryl methyl sites for hydroxylation is 1. The number of carbonyl (C=O) groups is 3. The fraction of sp³-hybridized carbons (Fsp3) is 0.654. The van der Waals surface area contributed by atoms with Gasteiger partial charge in [0.15, 0.2) is 0 Å². The minimum absolute atomic E-state index is 0.0399. The molecule has 3 aliphatic heterocycles. The number of fused-ring (bicyclic) bond motifs is 2. The van der Waals surface area contributed by atoms with Crippen molar-refractivity contribution in [3.05, 3.63) is 35.4 Å². The molecule has 1 aromatic carbocycles. The van der Waals surface area contributed by atoms with Crippen LogP contribution in [0.2, 0.25) is 0 Å². The highest BCUT2D eigenvalue weighted by Gasteiger charge is 2.68. The van der Waals surface area contributed by atoms with Crippen LogP contribution in [-0.4, -0.2) is 52.7 Å². The van der Waals surface area contributed by atoms with Gasteiger partial charge in [-0.2, -0.15) is 0 Å². The van der Waals surface area contributed by atoms with E-state index in [0.29, 0.717) is 18.9 Å². The van der Waals surface area contributed by atoms with Gasteiger partial charge in [0.1, 0.15) is 5.54 Å². The number of likely N-dealkylation sites (tertiary alicyclic amines) is 2. The normalized spacial score (nSPS) is 33.4. The molecule has 4 aliphatic rings. The number of rotatable bonds is 4. The van der Waals surface area contributed by atoms with Crippen molar-refractivity contribution in [2.24, 2.45) is 17.8 Å². The Bertz CT molecular complexity index is 907. The van der Waals surface area contributed by atoms with Crippen molar-refractivity contribution in [1.82, 2.24) is 15.1 Å². The average Bonchev–Trinajstić information content (AvgIpc) is 3.27. The van der Waals surface area contributed by atoms with Gasteiger partial charge in [0.2, 0.25) is 17.7 Å². The Morgan fingerprint density at radius 2 is 1.72 bits per heavy atom. The quantitative estimate of drug-likeness (QED) is 0.735. The van der Waals surface area contributed by atoms with E-state index < -0.39 is 17.4 Å². The molecule has 1 aliphatic carbocycles. The zero-order chi connectivity index (χ0) is 22.5. The van der Waals surface area contributed by atoms with Crippen LogP contribution in [0.3, 0.4) is 0 Å². The van der Waals surface area contributed by atoms with Crippen molar-refractivity contribution in [3.63, 3.8) is 0 Å². The van der Waals surface area contributed by atoms with E-state index in [1.807, 2.05) is 43.0 Å². The summed E-state index contributed by atoms with van der Waals surface area (Å²) in [5, 5.41) is 3.61. The Balaban J connectivity index is 1.50. The van der Waals surface area contributed by atoms with E-state index in [0.717, 1.165) is 30.6 Å². The molecule has 1 saturated carbocycles. The summed E-state index contributed by atoms with van der Waals surface area (Å²) in [7, 11) is 0. The lowest BCUT2D eigenvalue weighted by Gasteiger charge is -2.43. The van der Waals surface area contributed by atoms with Gasteiger partial charge in [-0.15, -0.1) is 0 Å². The van der Waals surface area contributed by atoms with E-state index in [9.17, 15) is 14.4 Å². The van der Waals surface area contributed by atoms with Crippen LogP contribution < -0.4 is 5.32 Å². The van der Waals surface area contributed by atoms with Gasteiger partial charge < -0.3 is 4.90 Å². The van der Waals surface area contributed by atoms with Gasteiger partial charge >= 0.3 is 0 Å². The summed E-state index contributed by atoms with van der Waals surface area (Å²) < 4.78 is 0. The number of hydrogen-bond donors (Lipinski definition) is 1. The van der Waals surface area contributed by atoms with Crippen LogP contribution in [0, 0.1) is 24.7 Å². The molecule has 0 unspecified atom stereocenters. The highest BCUT2D eigenvalue weighted by molar-refractivity contribution is 6.10. The first-order chi connectivity index (χ1) is 15.5. The largest absolute Gasteiger partial charge is 0.341 e. The fourth-order valence-corrected chi connectivity index (χ4v) is 6.76. The average molecular weight is 438 g/mol. The second-order valence-corrected chi connectivity index (χ2v) is 10.3. The zero-order valence-corrected chi connectivity index (χ0v) is 19.3. The lowest BCUT2D eigenvalue weighted by atomic mass is 9.74. The van der Waals surface area contributed by atoms with Gasteiger partial charge in [-0.1, -0.05) is 49.1 Å². The first-order valence-corrected chi connectivity index (χ1v) is 12.4. The standard InChI is InChI=1S/C26H35N3O3/c1-3-29-23(30)20-21(24(29)31)26(27-22(20)19-12-10-17(2)11-13-19)14-7-15-28(25(26)32)16-18-8-5-4-6-9-18/h10-13,18,20-22,27H,3-9,14-16H2,1-2H3/t20-,21-,22-,26-/m1/s1. The Labute approximate surface area is 190 Å². The van der Waals surface area contributed by atoms with Crippen LogP contribution in [0.5, 0.6) is 0 Å². The van der Waals surface area contributed by atoms with Gasteiger partial charge in [0, 0.05) is 25.7 Å². The predicted octanol–water partition coefficient (Wildman–Crippen LogP) is 3.20. The SMILES string of the molecule is CCN1C(=O)[C@H]2[C@@H](c3ccc(C)cc3)N[C@]3(CCCN(CC4CCCCC4)C3=O)[C@H]2C1=O.